The minimum Gasteiger partial charge on any atom is -0.378 e. The zero-order valence-electron chi connectivity index (χ0n) is 19.3. The van der Waals surface area contributed by atoms with E-state index in [2.05, 4.69) is 28.8 Å². The van der Waals surface area contributed by atoms with E-state index >= 15 is 0 Å². The van der Waals surface area contributed by atoms with Gasteiger partial charge >= 0.3 is 0 Å². The number of aromatic nitrogens is 3. The number of hydrogen-bond acceptors (Lipinski definition) is 6. The summed E-state index contributed by atoms with van der Waals surface area (Å²) in [6, 6.07) is 10.8. The van der Waals surface area contributed by atoms with E-state index in [-0.39, 0.29) is 41.6 Å². The molecule has 6 rings (SSSR count). The smallest absolute Gasteiger partial charge is 0.241 e. The van der Waals surface area contributed by atoms with E-state index in [1.54, 1.807) is 18.2 Å². The quantitative estimate of drug-likeness (QED) is 0.568. The van der Waals surface area contributed by atoms with E-state index in [1.165, 1.54) is 18.2 Å². The van der Waals surface area contributed by atoms with Gasteiger partial charge in [0.05, 0.1) is 41.3 Å². The van der Waals surface area contributed by atoms with E-state index in [1.807, 2.05) is 6.07 Å². The number of rotatable bonds is 5. The van der Waals surface area contributed by atoms with Gasteiger partial charge in [0.2, 0.25) is 10.0 Å². The van der Waals surface area contributed by atoms with Crippen molar-refractivity contribution in [3.8, 4) is 11.3 Å². The summed E-state index contributed by atoms with van der Waals surface area (Å²) < 4.78 is 61.7. The molecule has 35 heavy (non-hydrogen) atoms. The average Bonchev–Trinajstić information content (AvgIpc) is 3.13. The molecule has 2 fully saturated rings. The van der Waals surface area contributed by atoms with Crippen LogP contribution in [0.5, 0.6) is 0 Å². The van der Waals surface area contributed by atoms with Crippen molar-refractivity contribution >= 4 is 15.8 Å². The Bertz CT molecular complexity index is 1440. The molecule has 1 saturated carbocycles. The zero-order valence-corrected chi connectivity index (χ0v) is 20.1. The van der Waals surface area contributed by atoms with Crippen LogP contribution in [-0.2, 0) is 20.2 Å². The standard InChI is InChI=1S/C25H24F2N4O3S/c1-24(2)16-9-10-25(24,20-7-4-8-21(28-20)31-35(32,33)14-12-34-13-14)23-15(16)11-19(29-30-23)22-17(26)5-3-6-18(22)27/h3-8,11,14,16H,9-10,12-13H2,1-2H3,(H,28,31)/t16-,25+/m0/s1. The minimum absolute atomic E-state index is 0.0934. The van der Waals surface area contributed by atoms with Crippen LogP contribution in [0.2, 0.25) is 0 Å². The summed E-state index contributed by atoms with van der Waals surface area (Å²) >= 11 is 0. The second-order valence-corrected chi connectivity index (χ2v) is 12.0. The van der Waals surface area contributed by atoms with E-state index in [4.69, 9.17) is 9.72 Å². The molecule has 1 aromatic carbocycles. The monoisotopic (exact) mass is 498 g/mol. The van der Waals surface area contributed by atoms with Crippen LogP contribution < -0.4 is 4.72 Å². The summed E-state index contributed by atoms with van der Waals surface area (Å²) in [6.07, 6.45) is 1.61. The number of hydrogen-bond donors (Lipinski definition) is 1. The first-order valence-electron chi connectivity index (χ1n) is 11.5. The van der Waals surface area contributed by atoms with Gasteiger partial charge in [0, 0.05) is 0 Å². The molecule has 2 aromatic heterocycles. The molecular formula is C25H24F2N4O3S. The lowest BCUT2D eigenvalue weighted by Gasteiger charge is -2.37. The Hall–Kier alpha value is -2.98. The molecule has 10 heteroatoms. The Morgan fingerprint density at radius 1 is 1.06 bits per heavy atom. The van der Waals surface area contributed by atoms with Gasteiger partial charge in [-0.2, -0.15) is 5.10 Å². The number of anilines is 1. The molecule has 182 valence electrons. The fraction of sp³-hybridized carbons (Fsp3) is 0.400. The molecule has 0 amide bonds. The molecule has 0 radical (unpaired) electrons. The van der Waals surface area contributed by atoms with Crippen LogP contribution in [0.15, 0.2) is 42.5 Å². The first-order chi connectivity index (χ1) is 16.6. The number of sulfonamides is 1. The molecule has 3 aliphatic rings. The lowest BCUT2D eigenvalue weighted by atomic mass is 9.66. The summed E-state index contributed by atoms with van der Waals surface area (Å²) in [5.74, 6) is -1.03. The molecule has 3 heterocycles. The molecular weight excluding hydrogens is 474 g/mol. The maximum absolute atomic E-state index is 14.5. The van der Waals surface area contributed by atoms with Crippen LogP contribution in [0.25, 0.3) is 11.3 Å². The fourth-order valence-corrected chi connectivity index (χ4v) is 7.23. The van der Waals surface area contributed by atoms with Gasteiger partial charge in [0.1, 0.15) is 22.7 Å². The van der Waals surface area contributed by atoms with Crippen molar-refractivity contribution < 1.29 is 21.9 Å². The third-order valence-electron chi connectivity index (χ3n) is 8.08. The average molecular weight is 499 g/mol. The van der Waals surface area contributed by atoms with E-state index in [9.17, 15) is 17.2 Å². The highest BCUT2D eigenvalue weighted by Gasteiger charge is 2.65. The molecule has 7 nitrogen and oxygen atoms in total. The number of benzene rings is 1. The van der Waals surface area contributed by atoms with Crippen molar-refractivity contribution in [2.75, 3.05) is 17.9 Å². The van der Waals surface area contributed by atoms with Crippen molar-refractivity contribution in [1.82, 2.24) is 15.2 Å². The lowest BCUT2D eigenvalue weighted by Crippen LogP contribution is -2.44. The van der Waals surface area contributed by atoms with Gasteiger partial charge < -0.3 is 4.74 Å². The van der Waals surface area contributed by atoms with Crippen molar-refractivity contribution in [1.29, 1.82) is 0 Å². The van der Waals surface area contributed by atoms with Crippen LogP contribution in [0.4, 0.5) is 14.6 Å². The normalized spacial score (nSPS) is 24.7. The Morgan fingerprint density at radius 2 is 1.77 bits per heavy atom. The number of pyridine rings is 1. The van der Waals surface area contributed by atoms with Gasteiger partial charge in [-0.3, -0.25) is 4.72 Å². The summed E-state index contributed by atoms with van der Waals surface area (Å²) in [4.78, 5) is 4.73. The van der Waals surface area contributed by atoms with Crippen LogP contribution in [0.1, 0.15) is 49.6 Å². The topological polar surface area (TPSA) is 94.1 Å². The van der Waals surface area contributed by atoms with Crippen molar-refractivity contribution in [3.63, 3.8) is 0 Å². The fourth-order valence-electron chi connectivity index (χ4n) is 6.11. The largest absolute Gasteiger partial charge is 0.378 e. The number of fused-ring (bicyclic) bond motifs is 5. The Labute approximate surface area is 202 Å². The third kappa shape index (κ3) is 3.09. The van der Waals surface area contributed by atoms with Crippen LogP contribution >= 0.6 is 0 Å². The second-order valence-electron chi connectivity index (χ2n) is 10.1. The van der Waals surface area contributed by atoms with E-state index < -0.39 is 32.3 Å². The molecule has 2 bridgehead atoms. The van der Waals surface area contributed by atoms with Crippen LogP contribution in [0, 0.1) is 17.0 Å². The Morgan fingerprint density at radius 3 is 2.46 bits per heavy atom. The molecule has 2 aliphatic carbocycles. The van der Waals surface area contributed by atoms with E-state index in [0.717, 1.165) is 24.1 Å². The van der Waals surface area contributed by atoms with Gasteiger partial charge in [0.15, 0.2) is 0 Å². The summed E-state index contributed by atoms with van der Waals surface area (Å²) in [7, 11) is -3.60. The molecule has 0 unspecified atom stereocenters. The van der Waals surface area contributed by atoms with Crippen LogP contribution in [-0.4, -0.2) is 42.1 Å². The Kier molecular flexibility index (Phi) is 4.82. The third-order valence-corrected chi connectivity index (χ3v) is 9.72. The highest BCUT2D eigenvalue weighted by molar-refractivity contribution is 7.93. The summed E-state index contributed by atoms with van der Waals surface area (Å²) in [5, 5.41) is 8.17. The second kappa shape index (κ2) is 7.51. The maximum atomic E-state index is 14.5. The predicted octanol–water partition coefficient (Wildman–Crippen LogP) is 4.16. The van der Waals surface area contributed by atoms with Gasteiger partial charge in [-0.25, -0.2) is 22.2 Å². The number of nitrogens with one attached hydrogen (secondary N) is 1. The zero-order chi connectivity index (χ0) is 24.6. The molecule has 1 saturated heterocycles. The highest BCUT2D eigenvalue weighted by Crippen LogP contribution is 2.69. The van der Waals surface area contributed by atoms with Gasteiger partial charge in [-0.05, 0) is 60.1 Å². The SMILES string of the molecule is CC1(C)[C@H]2CC[C@@]1(c1cccc(NS(=O)(=O)C3COC3)n1)c1nnc(-c3c(F)cccc3F)cc12. The van der Waals surface area contributed by atoms with E-state index in [0.29, 0.717) is 5.69 Å². The number of nitrogens with zero attached hydrogens (tertiary/aromatic N) is 3. The molecule has 1 N–H and O–H groups in total. The number of ether oxygens (including phenoxy) is 1. The summed E-state index contributed by atoms with van der Waals surface area (Å²) in [6.45, 7) is 4.61. The predicted molar refractivity (Wildman–Crippen MR) is 125 cm³/mol. The molecule has 1 aliphatic heterocycles. The van der Waals surface area contributed by atoms with Crippen molar-refractivity contribution in [2.45, 2.75) is 43.3 Å². The molecule has 2 atom stereocenters. The van der Waals surface area contributed by atoms with Crippen LogP contribution in [0.3, 0.4) is 0 Å². The van der Waals surface area contributed by atoms with Gasteiger partial charge in [-0.15, -0.1) is 5.10 Å². The lowest BCUT2D eigenvalue weighted by molar-refractivity contribution is 0.0418. The molecule has 3 aromatic rings. The number of halogens is 2. The summed E-state index contributed by atoms with van der Waals surface area (Å²) in [5.41, 5.74) is 1.40. The van der Waals surface area contributed by atoms with Gasteiger partial charge in [-0.1, -0.05) is 26.0 Å². The highest BCUT2D eigenvalue weighted by atomic mass is 32.2. The first kappa shape index (κ1) is 22.5. The van der Waals surface area contributed by atoms with Crippen molar-refractivity contribution in [3.05, 3.63) is 71.1 Å². The Balaban J connectivity index is 1.45. The maximum Gasteiger partial charge on any atom is 0.241 e. The van der Waals surface area contributed by atoms with Gasteiger partial charge in [0.25, 0.3) is 0 Å². The first-order valence-corrected chi connectivity index (χ1v) is 13.1. The van der Waals surface area contributed by atoms with Crippen molar-refractivity contribution in [2.24, 2.45) is 5.41 Å². The minimum atomic E-state index is -3.60. The molecule has 0 spiro atoms.